The smallest absolute Gasteiger partial charge is 0.155 e. The molecule has 0 amide bonds. The molecule has 0 aromatic carbocycles. The Bertz CT molecular complexity index is 333. The number of hydrogen-bond acceptors (Lipinski definition) is 3. The van der Waals surface area contributed by atoms with Crippen LogP contribution in [0.1, 0.15) is 26.5 Å². The minimum Gasteiger partial charge on any atom is -0.321 e. The molecule has 0 aliphatic carbocycles. The van der Waals surface area contributed by atoms with Gasteiger partial charge in [-0.2, -0.15) is 0 Å². The molecule has 16 heavy (non-hydrogen) atoms. The molecule has 1 heterocycles. The average molecular weight is 243 g/mol. The third-order valence-corrected chi connectivity index (χ3v) is 2.36. The first kappa shape index (κ1) is 15.1. The maximum atomic E-state index is 11.8. The Kier molecular flexibility index (Phi) is 5.62. The van der Waals surface area contributed by atoms with Gasteiger partial charge in [-0.3, -0.25) is 9.78 Å². The van der Waals surface area contributed by atoms with Crippen LogP contribution in [0.25, 0.3) is 0 Å². The minimum atomic E-state index is -0.431. The summed E-state index contributed by atoms with van der Waals surface area (Å²) in [6.07, 6.45) is 2.00. The van der Waals surface area contributed by atoms with E-state index in [2.05, 4.69) is 4.98 Å². The Morgan fingerprint density at radius 2 is 2.06 bits per heavy atom. The maximum absolute atomic E-state index is 11.8. The van der Waals surface area contributed by atoms with Crippen molar-refractivity contribution in [3.05, 3.63) is 30.1 Å². The van der Waals surface area contributed by atoms with Crippen molar-refractivity contribution < 1.29 is 4.79 Å². The molecule has 1 rings (SSSR count). The van der Waals surface area contributed by atoms with Gasteiger partial charge in [-0.1, -0.05) is 26.8 Å². The van der Waals surface area contributed by atoms with E-state index in [0.717, 1.165) is 5.69 Å². The fraction of sp³-hybridized carbons (Fsp3) is 0.500. The fourth-order valence-electron chi connectivity index (χ4n) is 1.27. The van der Waals surface area contributed by atoms with Crippen molar-refractivity contribution in [2.24, 2.45) is 11.1 Å². The number of Topliss-reactive ketones (excluding diaryl/α,β-unsaturated/α-hetero) is 1. The maximum Gasteiger partial charge on any atom is 0.155 e. The zero-order valence-corrected chi connectivity index (χ0v) is 10.8. The van der Waals surface area contributed by atoms with Gasteiger partial charge < -0.3 is 5.73 Å². The highest BCUT2D eigenvalue weighted by molar-refractivity contribution is 5.86. The van der Waals surface area contributed by atoms with E-state index in [4.69, 9.17) is 5.73 Å². The van der Waals surface area contributed by atoms with Crippen LogP contribution in [0.2, 0.25) is 0 Å². The largest absolute Gasteiger partial charge is 0.321 e. The summed E-state index contributed by atoms with van der Waals surface area (Å²) in [6.45, 7) is 5.90. The summed E-state index contributed by atoms with van der Waals surface area (Å²) >= 11 is 0. The Labute approximate surface area is 103 Å². The second-order valence-electron chi connectivity index (χ2n) is 4.81. The zero-order valence-electron chi connectivity index (χ0n) is 9.93. The molecule has 0 bridgehead atoms. The summed E-state index contributed by atoms with van der Waals surface area (Å²) in [5, 5.41) is 0. The molecule has 0 saturated carbocycles. The van der Waals surface area contributed by atoms with E-state index in [1.54, 1.807) is 6.20 Å². The third kappa shape index (κ3) is 4.29. The van der Waals surface area contributed by atoms with E-state index in [1.165, 1.54) is 0 Å². The van der Waals surface area contributed by atoms with Crippen molar-refractivity contribution in [2.75, 3.05) is 0 Å². The first-order valence-corrected chi connectivity index (χ1v) is 5.09. The lowest BCUT2D eigenvalue weighted by atomic mass is 9.84. The number of ketones is 1. The lowest BCUT2D eigenvalue weighted by Gasteiger charge is -2.25. The Morgan fingerprint density at radius 3 is 2.50 bits per heavy atom. The van der Waals surface area contributed by atoms with Crippen LogP contribution in [0.15, 0.2) is 24.4 Å². The first-order chi connectivity index (χ1) is 6.91. The molecule has 0 radical (unpaired) electrons. The number of carbonyl (C=O) groups excluding carboxylic acids is 1. The molecule has 1 unspecified atom stereocenters. The minimum absolute atomic E-state index is 0. The van der Waals surface area contributed by atoms with Crippen molar-refractivity contribution in [3.8, 4) is 0 Å². The number of nitrogens with two attached hydrogens (primary N) is 1. The van der Waals surface area contributed by atoms with Crippen molar-refractivity contribution in [2.45, 2.75) is 33.2 Å². The van der Waals surface area contributed by atoms with Crippen molar-refractivity contribution in [1.29, 1.82) is 0 Å². The quantitative estimate of drug-likeness (QED) is 0.882. The zero-order chi connectivity index (χ0) is 11.5. The number of pyridine rings is 1. The van der Waals surface area contributed by atoms with Crippen molar-refractivity contribution >= 4 is 18.2 Å². The van der Waals surface area contributed by atoms with E-state index >= 15 is 0 Å². The van der Waals surface area contributed by atoms with Gasteiger partial charge in [0.25, 0.3) is 0 Å². The van der Waals surface area contributed by atoms with E-state index < -0.39 is 6.04 Å². The molecule has 0 aliphatic heterocycles. The van der Waals surface area contributed by atoms with Crippen LogP contribution < -0.4 is 5.73 Å². The SMILES string of the molecule is CC(C)(C)C(N)C(=O)Cc1ccccn1.Cl. The molecule has 1 aromatic rings. The summed E-state index contributed by atoms with van der Waals surface area (Å²) in [4.78, 5) is 15.9. The van der Waals surface area contributed by atoms with Gasteiger partial charge in [0.05, 0.1) is 12.5 Å². The summed E-state index contributed by atoms with van der Waals surface area (Å²) < 4.78 is 0. The van der Waals surface area contributed by atoms with Crippen LogP contribution in [0, 0.1) is 5.41 Å². The lowest BCUT2D eigenvalue weighted by molar-refractivity contribution is -0.121. The number of nitrogens with zero attached hydrogens (tertiary/aromatic N) is 1. The first-order valence-electron chi connectivity index (χ1n) is 5.09. The second-order valence-corrected chi connectivity index (χ2v) is 4.81. The monoisotopic (exact) mass is 242 g/mol. The molecule has 1 atom stereocenters. The van der Waals surface area contributed by atoms with Gasteiger partial charge in [0.15, 0.2) is 5.78 Å². The molecule has 4 heteroatoms. The summed E-state index contributed by atoms with van der Waals surface area (Å²) in [6, 6.07) is 5.11. The normalized spacial score (nSPS) is 12.8. The number of halogens is 1. The van der Waals surface area contributed by atoms with Crippen molar-refractivity contribution in [1.82, 2.24) is 4.98 Å². The van der Waals surface area contributed by atoms with E-state index in [-0.39, 0.29) is 23.6 Å². The lowest BCUT2D eigenvalue weighted by Crippen LogP contribution is -2.43. The van der Waals surface area contributed by atoms with Gasteiger partial charge in [0.2, 0.25) is 0 Å². The van der Waals surface area contributed by atoms with Gasteiger partial charge in [0.1, 0.15) is 0 Å². The predicted octanol–water partition coefficient (Wildman–Crippen LogP) is 1.99. The van der Waals surface area contributed by atoms with Crippen LogP contribution in [0.3, 0.4) is 0 Å². The van der Waals surface area contributed by atoms with Gasteiger partial charge in [-0.25, -0.2) is 0 Å². The van der Waals surface area contributed by atoms with E-state index in [1.807, 2.05) is 39.0 Å². The highest BCUT2D eigenvalue weighted by Crippen LogP contribution is 2.18. The van der Waals surface area contributed by atoms with Crippen LogP contribution >= 0.6 is 12.4 Å². The molecule has 90 valence electrons. The highest BCUT2D eigenvalue weighted by Gasteiger charge is 2.27. The van der Waals surface area contributed by atoms with Crippen LogP contribution in [-0.4, -0.2) is 16.8 Å². The van der Waals surface area contributed by atoms with Gasteiger partial charge in [0, 0.05) is 11.9 Å². The topological polar surface area (TPSA) is 56.0 Å². The second kappa shape index (κ2) is 5.97. The summed E-state index contributed by atoms with van der Waals surface area (Å²) in [7, 11) is 0. The average Bonchev–Trinajstić information content (AvgIpc) is 2.16. The molecule has 2 N–H and O–H groups in total. The van der Waals surface area contributed by atoms with Crippen LogP contribution in [0.5, 0.6) is 0 Å². The van der Waals surface area contributed by atoms with Gasteiger partial charge >= 0.3 is 0 Å². The van der Waals surface area contributed by atoms with Crippen LogP contribution in [0.4, 0.5) is 0 Å². The van der Waals surface area contributed by atoms with Crippen molar-refractivity contribution in [3.63, 3.8) is 0 Å². The molecular formula is C12H19ClN2O. The molecule has 0 fully saturated rings. The number of rotatable bonds is 3. The Hall–Kier alpha value is -0.930. The fourth-order valence-corrected chi connectivity index (χ4v) is 1.27. The molecular weight excluding hydrogens is 224 g/mol. The number of carbonyl (C=O) groups is 1. The summed E-state index contributed by atoms with van der Waals surface area (Å²) in [5.74, 6) is 0.0428. The van der Waals surface area contributed by atoms with E-state index in [0.29, 0.717) is 6.42 Å². The summed E-state index contributed by atoms with van der Waals surface area (Å²) in [5.41, 5.74) is 6.46. The third-order valence-electron chi connectivity index (χ3n) is 2.36. The Balaban J connectivity index is 0.00000225. The van der Waals surface area contributed by atoms with Crippen LogP contribution in [-0.2, 0) is 11.2 Å². The highest BCUT2D eigenvalue weighted by atomic mass is 35.5. The number of aromatic nitrogens is 1. The number of hydrogen-bond donors (Lipinski definition) is 1. The Morgan fingerprint density at radius 1 is 1.44 bits per heavy atom. The van der Waals surface area contributed by atoms with Gasteiger partial charge in [-0.15, -0.1) is 12.4 Å². The molecule has 0 spiro atoms. The van der Waals surface area contributed by atoms with Gasteiger partial charge in [-0.05, 0) is 17.5 Å². The standard InChI is InChI=1S/C12H18N2O.ClH/c1-12(2,3)11(13)10(15)8-9-6-4-5-7-14-9;/h4-7,11H,8,13H2,1-3H3;1H. The molecule has 0 aliphatic rings. The van der Waals surface area contributed by atoms with E-state index in [9.17, 15) is 4.79 Å². The predicted molar refractivity (Wildman–Crippen MR) is 67.6 cm³/mol. The molecule has 0 saturated heterocycles. The molecule has 3 nitrogen and oxygen atoms in total. The molecule has 1 aromatic heterocycles.